The van der Waals surface area contributed by atoms with Gasteiger partial charge in [0.15, 0.2) is 0 Å². The van der Waals surface area contributed by atoms with E-state index in [-0.39, 0.29) is 37.1 Å². The molecule has 0 bridgehead atoms. The van der Waals surface area contributed by atoms with Gasteiger partial charge in [0.05, 0.1) is 11.2 Å². The zero-order chi connectivity index (χ0) is 18.9. The number of benzene rings is 1. The Morgan fingerprint density at radius 2 is 1.85 bits per heavy atom. The van der Waals surface area contributed by atoms with Crippen molar-refractivity contribution in [2.75, 3.05) is 13.1 Å². The number of alkyl halides is 3. The van der Waals surface area contributed by atoms with Crippen molar-refractivity contribution in [2.45, 2.75) is 24.6 Å². The number of aliphatic hydroxyl groups is 1. The second kappa shape index (κ2) is 6.68. The quantitative estimate of drug-likeness (QED) is 0.653. The standard InChI is InChI=1S/C18H16F4N2O2/c19-15-14(5-2-8-23-15)17(26)6-9-24(10-7-17)16(25)12-3-1-4-13(11-12)18(20,21)22/h1-5,8,11,26H,6-7,9-10H2. The predicted molar refractivity (Wildman–Crippen MR) is 84.7 cm³/mol. The molecule has 0 aliphatic carbocycles. The number of likely N-dealkylation sites (tertiary alicyclic amines) is 1. The molecule has 1 aliphatic rings. The van der Waals surface area contributed by atoms with E-state index in [0.29, 0.717) is 0 Å². The highest BCUT2D eigenvalue weighted by atomic mass is 19.4. The molecule has 2 aromatic rings. The topological polar surface area (TPSA) is 53.4 Å². The zero-order valence-electron chi connectivity index (χ0n) is 13.6. The van der Waals surface area contributed by atoms with Crippen molar-refractivity contribution in [3.8, 4) is 0 Å². The van der Waals surface area contributed by atoms with Crippen molar-refractivity contribution >= 4 is 5.91 Å². The van der Waals surface area contributed by atoms with E-state index in [2.05, 4.69) is 4.98 Å². The molecule has 0 atom stereocenters. The Balaban J connectivity index is 1.74. The second-order valence-electron chi connectivity index (χ2n) is 6.24. The van der Waals surface area contributed by atoms with Crippen LogP contribution in [0.3, 0.4) is 0 Å². The fourth-order valence-electron chi connectivity index (χ4n) is 3.09. The maximum Gasteiger partial charge on any atom is 0.416 e. The molecule has 26 heavy (non-hydrogen) atoms. The SMILES string of the molecule is O=C(c1cccc(C(F)(F)F)c1)N1CCC(O)(c2cccnc2F)CC1. The summed E-state index contributed by atoms with van der Waals surface area (Å²) in [5.74, 6) is -1.32. The van der Waals surface area contributed by atoms with Crippen LogP contribution in [-0.2, 0) is 11.8 Å². The third kappa shape index (κ3) is 3.55. The van der Waals surface area contributed by atoms with Crippen LogP contribution >= 0.6 is 0 Å². The Labute approximate surface area is 147 Å². The summed E-state index contributed by atoms with van der Waals surface area (Å²) < 4.78 is 52.2. The minimum atomic E-state index is -4.53. The van der Waals surface area contributed by atoms with Crippen LogP contribution < -0.4 is 0 Å². The summed E-state index contributed by atoms with van der Waals surface area (Å²) in [6.07, 6.45) is -3.12. The number of hydrogen-bond acceptors (Lipinski definition) is 3. The molecule has 2 heterocycles. The van der Waals surface area contributed by atoms with Gasteiger partial charge in [0.25, 0.3) is 5.91 Å². The molecule has 0 saturated carbocycles. The van der Waals surface area contributed by atoms with Crippen LogP contribution in [0.1, 0.15) is 34.3 Å². The second-order valence-corrected chi connectivity index (χ2v) is 6.24. The van der Waals surface area contributed by atoms with Gasteiger partial charge in [-0.3, -0.25) is 4.79 Å². The van der Waals surface area contributed by atoms with E-state index in [9.17, 15) is 27.5 Å². The maximum absolute atomic E-state index is 13.8. The molecule has 4 nitrogen and oxygen atoms in total. The van der Waals surface area contributed by atoms with E-state index in [1.165, 1.54) is 35.4 Å². The summed E-state index contributed by atoms with van der Waals surface area (Å²) in [6, 6.07) is 7.16. The van der Waals surface area contributed by atoms with E-state index in [4.69, 9.17) is 0 Å². The number of amides is 1. The number of pyridine rings is 1. The van der Waals surface area contributed by atoms with Crippen LogP contribution in [0.5, 0.6) is 0 Å². The molecule has 3 rings (SSSR count). The lowest BCUT2D eigenvalue weighted by molar-refractivity contribution is -0.137. The van der Waals surface area contributed by atoms with Crippen molar-refractivity contribution in [3.05, 3.63) is 65.2 Å². The number of nitrogens with zero attached hydrogens (tertiary/aromatic N) is 2. The Hall–Kier alpha value is -2.48. The summed E-state index contributed by atoms with van der Waals surface area (Å²) in [7, 11) is 0. The molecule has 0 radical (unpaired) electrons. The average molecular weight is 368 g/mol. The smallest absolute Gasteiger partial charge is 0.385 e. The lowest BCUT2D eigenvalue weighted by Crippen LogP contribution is -2.45. The van der Waals surface area contributed by atoms with Gasteiger partial charge >= 0.3 is 6.18 Å². The summed E-state index contributed by atoms with van der Waals surface area (Å²) >= 11 is 0. The van der Waals surface area contributed by atoms with Crippen LogP contribution in [-0.4, -0.2) is 34.0 Å². The number of piperidine rings is 1. The zero-order valence-corrected chi connectivity index (χ0v) is 13.6. The Kier molecular flexibility index (Phi) is 4.70. The molecule has 1 aromatic heterocycles. The van der Waals surface area contributed by atoms with Crippen molar-refractivity contribution in [1.29, 1.82) is 0 Å². The van der Waals surface area contributed by atoms with E-state index in [1.807, 2.05) is 0 Å². The van der Waals surface area contributed by atoms with Crippen molar-refractivity contribution in [2.24, 2.45) is 0 Å². The monoisotopic (exact) mass is 368 g/mol. The highest BCUT2D eigenvalue weighted by molar-refractivity contribution is 5.94. The van der Waals surface area contributed by atoms with Gasteiger partial charge in [0, 0.05) is 30.4 Å². The van der Waals surface area contributed by atoms with Crippen LogP contribution in [0.15, 0.2) is 42.6 Å². The first-order valence-electron chi connectivity index (χ1n) is 8.01. The van der Waals surface area contributed by atoms with Gasteiger partial charge in [-0.1, -0.05) is 12.1 Å². The maximum atomic E-state index is 13.8. The molecule has 1 saturated heterocycles. The number of rotatable bonds is 2. The first-order chi connectivity index (χ1) is 12.2. The Bertz CT molecular complexity index is 815. The van der Waals surface area contributed by atoms with Gasteiger partial charge in [-0.05, 0) is 37.1 Å². The lowest BCUT2D eigenvalue weighted by atomic mass is 9.85. The van der Waals surface area contributed by atoms with Crippen molar-refractivity contribution in [3.63, 3.8) is 0 Å². The number of carbonyl (C=O) groups is 1. The largest absolute Gasteiger partial charge is 0.416 e. The van der Waals surface area contributed by atoms with Gasteiger partial charge in [-0.15, -0.1) is 0 Å². The predicted octanol–water partition coefficient (Wildman–Crippen LogP) is 3.36. The van der Waals surface area contributed by atoms with Crippen molar-refractivity contribution < 1.29 is 27.5 Å². The number of aromatic nitrogens is 1. The molecular formula is C18H16F4N2O2. The Morgan fingerprint density at radius 1 is 1.15 bits per heavy atom. The van der Waals surface area contributed by atoms with Gasteiger partial charge < -0.3 is 10.0 Å². The number of hydrogen-bond donors (Lipinski definition) is 1. The minimum Gasteiger partial charge on any atom is -0.385 e. The minimum absolute atomic E-state index is 0.0613. The van der Waals surface area contributed by atoms with E-state index in [1.54, 1.807) is 0 Å². The molecule has 138 valence electrons. The van der Waals surface area contributed by atoms with Gasteiger partial charge in [-0.2, -0.15) is 17.6 Å². The molecular weight excluding hydrogens is 352 g/mol. The normalized spacial score (nSPS) is 17.2. The fourth-order valence-corrected chi connectivity index (χ4v) is 3.09. The van der Waals surface area contributed by atoms with Crippen LogP contribution in [0, 0.1) is 5.95 Å². The first-order valence-corrected chi connectivity index (χ1v) is 8.01. The van der Waals surface area contributed by atoms with Crippen LogP contribution in [0.4, 0.5) is 17.6 Å². The third-order valence-corrected chi connectivity index (χ3v) is 4.58. The molecule has 8 heteroatoms. The number of halogens is 4. The molecule has 0 spiro atoms. The molecule has 1 N–H and O–H groups in total. The molecule has 1 aliphatic heterocycles. The highest BCUT2D eigenvalue weighted by Crippen LogP contribution is 2.34. The average Bonchev–Trinajstić information content (AvgIpc) is 2.61. The van der Waals surface area contributed by atoms with E-state index >= 15 is 0 Å². The van der Waals surface area contributed by atoms with Crippen molar-refractivity contribution in [1.82, 2.24) is 9.88 Å². The molecule has 1 aromatic carbocycles. The number of carbonyl (C=O) groups excluding carboxylic acids is 1. The van der Waals surface area contributed by atoms with Gasteiger partial charge in [-0.25, -0.2) is 4.98 Å². The van der Waals surface area contributed by atoms with Crippen LogP contribution in [0.2, 0.25) is 0 Å². The highest BCUT2D eigenvalue weighted by Gasteiger charge is 2.38. The molecule has 1 fully saturated rings. The lowest BCUT2D eigenvalue weighted by Gasteiger charge is -2.38. The third-order valence-electron chi connectivity index (χ3n) is 4.58. The van der Waals surface area contributed by atoms with Gasteiger partial charge in [0.1, 0.15) is 0 Å². The molecule has 0 unspecified atom stereocenters. The molecule has 1 amide bonds. The summed E-state index contributed by atoms with van der Waals surface area (Å²) in [5.41, 5.74) is -2.36. The van der Waals surface area contributed by atoms with E-state index in [0.717, 1.165) is 12.1 Å². The summed E-state index contributed by atoms with van der Waals surface area (Å²) in [5, 5.41) is 10.7. The summed E-state index contributed by atoms with van der Waals surface area (Å²) in [4.78, 5) is 17.4. The Morgan fingerprint density at radius 3 is 2.46 bits per heavy atom. The first kappa shape index (κ1) is 18.3. The van der Waals surface area contributed by atoms with Gasteiger partial charge in [0.2, 0.25) is 5.95 Å². The van der Waals surface area contributed by atoms with Crippen LogP contribution in [0.25, 0.3) is 0 Å². The summed E-state index contributed by atoms with van der Waals surface area (Å²) in [6.45, 7) is 0.194. The fraction of sp³-hybridized carbons (Fsp3) is 0.333. The van der Waals surface area contributed by atoms with E-state index < -0.39 is 29.2 Å².